The van der Waals surface area contributed by atoms with Gasteiger partial charge in [0.05, 0.1) is 18.7 Å². The third kappa shape index (κ3) is 2.48. The fraction of sp³-hybridized carbons (Fsp3) is 0.222. The molecule has 0 radical (unpaired) electrons. The number of para-hydroxylation sites is 1. The van der Waals surface area contributed by atoms with Crippen molar-refractivity contribution in [3.63, 3.8) is 0 Å². The van der Waals surface area contributed by atoms with E-state index in [4.69, 9.17) is 9.57 Å². The molecular weight excluding hydrogens is 278 g/mol. The number of ketones is 1. The lowest BCUT2D eigenvalue weighted by Crippen LogP contribution is -2.29. The second kappa shape index (κ2) is 6.02. The summed E-state index contributed by atoms with van der Waals surface area (Å²) in [4.78, 5) is 18.2. The van der Waals surface area contributed by atoms with Crippen LogP contribution in [0.25, 0.3) is 0 Å². The van der Waals surface area contributed by atoms with Gasteiger partial charge in [0.25, 0.3) is 0 Å². The second-order valence-electron chi connectivity index (χ2n) is 5.21. The molecule has 22 heavy (non-hydrogen) atoms. The van der Waals surface area contributed by atoms with Crippen LogP contribution in [0.5, 0.6) is 5.75 Å². The van der Waals surface area contributed by atoms with Crippen molar-refractivity contribution in [2.45, 2.75) is 18.9 Å². The first-order valence-corrected chi connectivity index (χ1v) is 7.15. The van der Waals surface area contributed by atoms with E-state index in [0.717, 1.165) is 17.0 Å². The number of nitrogens with zero attached hydrogens (tertiary/aromatic N) is 1. The van der Waals surface area contributed by atoms with Crippen molar-refractivity contribution in [3.05, 3.63) is 65.7 Å². The van der Waals surface area contributed by atoms with Crippen LogP contribution in [-0.4, -0.2) is 24.7 Å². The van der Waals surface area contributed by atoms with Crippen LogP contribution in [0.15, 0.2) is 59.8 Å². The topological polar surface area (TPSA) is 47.9 Å². The van der Waals surface area contributed by atoms with Crippen LogP contribution in [0.4, 0.5) is 0 Å². The fourth-order valence-electron chi connectivity index (χ4n) is 2.75. The summed E-state index contributed by atoms with van der Waals surface area (Å²) in [7, 11) is 1.62. The van der Waals surface area contributed by atoms with Crippen LogP contribution in [0.2, 0.25) is 0 Å². The van der Waals surface area contributed by atoms with Crippen LogP contribution in [-0.2, 0) is 4.84 Å². The quantitative estimate of drug-likeness (QED) is 0.812. The molecule has 112 valence electrons. The summed E-state index contributed by atoms with van der Waals surface area (Å²) in [5, 5.41) is 4.04. The van der Waals surface area contributed by atoms with Gasteiger partial charge in [-0.3, -0.25) is 4.79 Å². The van der Waals surface area contributed by atoms with E-state index < -0.39 is 6.10 Å². The number of hydrogen-bond donors (Lipinski definition) is 0. The number of oxime groups is 1. The van der Waals surface area contributed by atoms with Gasteiger partial charge in [-0.15, -0.1) is 0 Å². The monoisotopic (exact) mass is 295 g/mol. The Labute approximate surface area is 129 Å². The molecule has 2 atom stereocenters. The molecule has 4 nitrogen and oxygen atoms in total. The first-order valence-electron chi connectivity index (χ1n) is 7.15. The third-order valence-electron chi connectivity index (χ3n) is 3.85. The highest BCUT2D eigenvalue weighted by atomic mass is 16.6. The zero-order valence-electron chi connectivity index (χ0n) is 12.5. The Bertz CT molecular complexity index is 709. The minimum Gasteiger partial charge on any atom is -0.496 e. The largest absolute Gasteiger partial charge is 0.496 e. The molecule has 0 N–H and O–H groups in total. The lowest BCUT2D eigenvalue weighted by atomic mass is 9.86. The van der Waals surface area contributed by atoms with Gasteiger partial charge in [-0.25, -0.2) is 0 Å². The third-order valence-corrected chi connectivity index (χ3v) is 3.85. The van der Waals surface area contributed by atoms with Gasteiger partial charge in [0.15, 0.2) is 0 Å². The lowest BCUT2D eigenvalue weighted by Gasteiger charge is -2.19. The van der Waals surface area contributed by atoms with E-state index in [0.29, 0.717) is 5.56 Å². The van der Waals surface area contributed by atoms with Crippen LogP contribution < -0.4 is 4.74 Å². The van der Waals surface area contributed by atoms with E-state index in [2.05, 4.69) is 5.16 Å². The molecule has 0 saturated heterocycles. The van der Waals surface area contributed by atoms with Gasteiger partial charge in [-0.2, -0.15) is 0 Å². The molecule has 1 heterocycles. The minimum absolute atomic E-state index is 0.0721. The number of methoxy groups -OCH3 is 1. The van der Waals surface area contributed by atoms with Crippen molar-refractivity contribution in [1.29, 1.82) is 0 Å². The Balaban J connectivity index is 1.98. The SMILES string of the molecule is COc1ccccc1C1C(C)=NOC1C(=O)c1ccccc1. The summed E-state index contributed by atoms with van der Waals surface area (Å²) in [6, 6.07) is 16.8. The summed E-state index contributed by atoms with van der Waals surface area (Å²) in [6.07, 6.45) is -0.654. The molecule has 2 unspecified atom stereocenters. The molecule has 4 heteroatoms. The lowest BCUT2D eigenvalue weighted by molar-refractivity contribution is 0.0515. The minimum atomic E-state index is -0.654. The van der Waals surface area contributed by atoms with Crippen molar-refractivity contribution in [1.82, 2.24) is 0 Å². The van der Waals surface area contributed by atoms with E-state index in [1.807, 2.05) is 49.4 Å². The maximum atomic E-state index is 12.7. The van der Waals surface area contributed by atoms with Crippen LogP contribution in [0.3, 0.4) is 0 Å². The highest BCUT2D eigenvalue weighted by molar-refractivity contribution is 6.05. The van der Waals surface area contributed by atoms with E-state index in [-0.39, 0.29) is 11.7 Å². The molecule has 0 spiro atoms. The van der Waals surface area contributed by atoms with E-state index in [9.17, 15) is 4.79 Å². The number of Topliss-reactive ketones (excluding diaryl/α,β-unsaturated/α-hetero) is 1. The van der Waals surface area contributed by atoms with Crippen molar-refractivity contribution in [2.75, 3.05) is 7.11 Å². The first-order chi connectivity index (χ1) is 10.7. The van der Waals surface area contributed by atoms with Crippen molar-refractivity contribution < 1.29 is 14.4 Å². The standard InChI is InChI=1S/C18H17NO3/c1-12-16(14-10-6-7-11-15(14)21-2)18(22-19-12)17(20)13-8-4-3-5-9-13/h3-11,16,18H,1-2H3. The fourth-order valence-corrected chi connectivity index (χ4v) is 2.75. The van der Waals surface area contributed by atoms with Crippen molar-refractivity contribution in [3.8, 4) is 5.75 Å². The Morgan fingerprint density at radius 2 is 1.77 bits per heavy atom. The Morgan fingerprint density at radius 1 is 1.09 bits per heavy atom. The Kier molecular flexibility index (Phi) is 3.92. The van der Waals surface area contributed by atoms with Crippen LogP contribution >= 0.6 is 0 Å². The number of carbonyl (C=O) groups excluding carboxylic acids is 1. The maximum absolute atomic E-state index is 12.7. The highest BCUT2D eigenvalue weighted by Crippen LogP contribution is 2.36. The first kappa shape index (κ1) is 14.3. The van der Waals surface area contributed by atoms with Gasteiger partial charge >= 0.3 is 0 Å². The van der Waals surface area contributed by atoms with Crippen molar-refractivity contribution in [2.24, 2.45) is 5.16 Å². The molecule has 0 bridgehead atoms. The van der Waals surface area contributed by atoms with Crippen molar-refractivity contribution >= 4 is 11.5 Å². The average molecular weight is 295 g/mol. The molecule has 0 aromatic heterocycles. The smallest absolute Gasteiger partial charge is 0.207 e. The zero-order chi connectivity index (χ0) is 15.5. The summed E-state index contributed by atoms with van der Waals surface area (Å²) < 4.78 is 5.42. The molecule has 0 aliphatic carbocycles. The predicted octanol–water partition coefficient (Wildman–Crippen LogP) is 3.44. The number of benzene rings is 2. The van der Waals surface area contributed by atoms with Gasteiger partial charge in [-0.1, -0.05) is 53.7 Å². The molecule has 2 aromatic rings. The normalized spacial score (nSPS) is 20.2. The Morgan fingerprint density at radius 3 is 2.50 bits per heavy atom. The summed E-state index contributed by atoms with van der Waals surface area (Å²) in [5.41, 5.74) is 2.31. The summed E-state index contributed by atoms with van der Waals surface area (Å²) in [6.45, 7) is 1.87. The van der Waals surface area contributed by atoms with Crippen LogP contribution in [0.1, 0.15) is 28.8 Å². The molecular formula is C18H17NO3. The van der Waals surface area contributed by atoms with Gasteiger partial charge < -0.3 is 9.57 Å². The van der Waals surface area contributed by atoms with Gasteiger partial charge in [-0.05, 0) is 13.0 Å². The van der Waals surface area contributed by atoms with Crippen LogP contribution in [0, 0.1) is 0 Å². The number of rotatable bonds is 4. The second-order valence-corrected chi connectivity index (χ2v) is 5.21. The average Bonchev–Trinajstić information content (AvgIpc) is 2.96. The highest BCUT2D eigenvalue weighted by Gasteiger charge is 2.40. The predicted molar refractivity (Wildman–Crippen MR) is 84.5 cm³/mol. The summed E-state index contributed by atoms with van der Waals surface area (Å²) >= 11 is 0. The number of hydrogen-bond acceptors (Lipinski definition) is 4. The molecule has 0 fully saturated rings. The van der Waals surface area contributed by atoms with Gasteiger partial charge in [0.2, 0.25) is 11.9 Å². The zero-order valence-corrected chi connectivity index (χ0v) is 12.5. The summed E-state index contributed by atoms with van der Waals surface area (Å²) in [5.74, 6) is 0.430. The van der Waals surface area contributed by atoms with E-state index in [1.165, 1.54) is 0 Å². The van der Waals surface area contributed by atoms with Gasteiger partial charge in [0.1, 0.15) is 5.75 Å². The van der Waals surface area contributed by atoms with Gasteiger partial charge in [0, 0.05) is 11.1 Å². The number of ether oxygens (including phenoxy) is 1. The van der Waals surface area contributed by atoms with E-state index >= 15 is 0 Å². The molecule has 0 saturated carbocycles. The molecule has 3 rings (SSSR count). The van der Waals surface area contributed by atoms with E-state index in [1.54, 1.807) is 19.2 Å². The molecule has 1 aliphatic rings. The maximum Gasteiger partial charge on any atom is 0.207 e. The molecule has 0 amide bonds. The Hall–Kier alpha value is -2.62. The molecule has 2 aromatic carbocycles. The number of carbonyl (C=O) groups is 1. The molecule has 1 aliphatic heterocycles.